The smallest absolute Gasteiger partial charge is 0.133 e. The molecule has 0 saturated heterocycles. The molecule has 1 atom stereocenters. The van der Waals surface area contributed by atoms with Crippen LogP contribution in [0.1, 0.15) is 27.0 Å². The second-order valence-electron chi connectivity index (χ2n) is 3.94. The first-order chi connectivity index (χ1) is 8.00. The zero-order chi connectivity index (χ0) is 12.6. The van der Waals surface area contributed by atoms with Crippen LogP contribution in [0, 0.1) is 19.7 Å². The van der Waals surface area contributed by atoms with Crippen molar-refractivity contribution in [1.29, 1.82) is 0 Å². The molecule has 2 aromatic rings. The van der Waals surface area contributed by atoms with Gasteiger partial charge in [-0.25, -0.2) is 4.39 Å². The SMILES string of the molecule is Cc1ccc(C(O)c2c(Cl)ccc(C)c2F)s1. The van der Waals surface area contributed by atoms with Crippen molar-refractivity contribution in [3.05, 3.63) is 56.0 Å². The quantitative estimate of drug-likeness (QED) is 0.865. The molecule has 90 valence electrons. The second-order valence-corrected chi connectivity index (χ2v) is 5.67. The van der Waals surface area contributed by atoms with Gasteiger partial charge in [-0.05, 0) is 37.6 Å². The molecule has 0 radical (unpaired) electrons. The summed E-state index contributed by atoms with van der Waals surface area (Å²) in [5.74, 6) is -0.434. The number of rotatable bonds is 2. The summed E-state index contributed by atoms with van der Waals surface area (Å²) in [6.07, 6.45) is -0.999. The first kappa shape index (κ1) is 12.6. The third-order valence-corrected chi connectivity index (χ3v) is 4.01. The van der Waals surface area contributed by atoms with E-state index in [1.54, 1.807) is 25.1 Å². The van der Waals surface area contributed by atoms with Gasteiger partial charge in [-0.2, -0.15) is 0 Å². The fourth-order valence-corrected chi connectivity index (χ4v) is 2.79. The summed E-state index contributed by atoms with van der Waals surface area (Å²) < 4.78 is 14.0. The highest BCUT2D eigenvalue weighted by Crippen LogP contribution is 2.34. The van der Waals surface area contributed by atoms with E-state index >= 15 is 0 Å². The van der Waals surface area contributed by atoms with Crippen molar-refractivity contribution < 1.29 is 9.50 Å². The van der Waals surface area contributed by atoms with Crippen LogP contribution >= 0.6 is 22.9 Å². The molecule has 0 aliphatic rings. The van der Waals surface area contributed by atoms with Gasteiger partial charge in [0.2, 0.25) is 0 Å². The van der Waals surface area contributed by atoms with Gasteiger partial charge in [-0.3, -0.25) is 0 Å². The van der Waals surface area contributed by atoms with Crippen LogP contribution in [0.25, 0.3) is 0 Å². The van der Waals surface area contributed by atoms with Crippen LogP contribution in [0.15, 0.2) is 24.3 Å². The molecule has 4 heteroatoms. The Labute approximate surface area is 108 Å². The molecule has 1 N–H and O–H groups in total. The highest BCUT2D eigenvalue weighted by atomic mass is 35.5. The summed E-state index contributed by atoms with van der Waals surface area (Å²) in [5.41, 5.74) is 0.644. The maximum Gasteiger partial charge on any atom is 0.133 e. The molecule has 1 aromatic carbocycles. The molecule has 0 spiro atoms. The van der Waals surface area contributed by atoms with E-state index in [1.807, 2.05) is 13.0 Å². The van der Waals surface area contributed by atoms with Crippen molar-refractivity contribution in [3.8, 4) is 0 Å². The van der Waals surface area contributed by atoms with E-state index < -0.39 is 11.9 Å². The van der Waals surface area contributed by atoms with E-state index in [-0.39, 0.29) is 10.6 Å². The molecule has 0 aliphatic heterocycles. The van der Waals surface area contributed by atoms with Crippen molar-refractivity contribution in [2.45, 2.75) is 20.0 Å². The van der Waals surface area contributed by atoms with Crippen LogP contribution in [0.3, 0.4) is 0 Å². The van der Waals surface area contributed by atoms with Crippen LogP contribution in [0.5, 0.6) is 0 Å². The lowest BCUT2D eigenvalue weighted by atomic mass is 10.0. The van der Waals surface area contributed by atoms with Gasteiger partial charge in [0.05, 0.1) is 0 Å². The van der Waals surface area contributed by atoms with Crippen molar-refractivity contribution in [2.24, 2.45) is 0 Å². The van der Waals surface area contributed by atoms with Crippen molar-refractivity contribution in [3.63, 3.8) is 0 Å². The topological polar surface area (TPSA) is 20.2 Å². The maximum atomic E-state index is 14.0. The van der Waals surface area contributed by atoms with Gasteiger partial charge in [0.25, 0.3) is 0 Å². The number of hydrogen-bond donors (Lipinski definition) is 1. The van der Waals surface area contributed by atoms with E-state index in [9.17, 15) is 9.50 Å². The highest BCUT2D eigenvalue weighted by molar-refractivity contribution is 7.12. The Hall–Kier alpha value is -0.900. The number of halogens is 2. The molecular formula is C13H12ClFOS. The summed E-state index contributed by atoms with van der Waals surface area (Å²) in [4.78, 5) is 1.78. The fourth-order valence-electron chi connectivity index (χ4n) is 1.67. The highest BCUT2D eigenvalue weighted by Gasteiger charge is 2.21. The summed E-state index contributed by atoms with van der Waals surface area (Å²) in [5, 5.41) is 10.4. The van der Waals surface area contributed by atoms with Crippen LogP contribution in [0.4, 0.5) is 4.39 Å². The molecule has 0 aliphatic carbocycles. The molecule has 2 rings (SSSR count). The van der Waals surface area contributed by atoms with Gasteiger partial charge in [0, 0.05) is 20.3 Å². The minimum atomic E-state index is -0.999. The second kappa shape index (κ2) is 4.77. The van der Waals surface area contributed by atoms with E-state index in [1.165, 1.54) is 11.3 Å². The molecule has 1 heterocycles. The predicted octanol–water partition coefficient (Wildman–Crippen LogP) is 4.24. The lowest BCUT2D eigenvalue weighted by Crippen LogP contribution is -2.03. The van der Waals surface area contributed by atoms with Crippen molar-refractivity contribution in [2.75, 3.05) is 0 Å². The first-order valence-corrected chi connectivity index (χ1v) is 6.39. The summed E-state index contributed by atoms with van der Waals surface area (Å²) in [7, 11) is 0. The molecular weight excluding hydrogens is 259 g/mol. The molecule has 1 unspecified atom stereocenters. The van der Waals surface area contributed by atoms with Gasteiger partial charge in [-0.15, -0.1) is 11.3 Å². The lowest BCUT2D eigenvalue weighted by Gasteiger charge is -2.13. The number of aliphatic hydroxyl groups is 1. The number of thiophene rings is 1. The average molecular weight is 271 g/mol. The summed E-state index contributed by atoms with van der Waals surface area (Å²) >= 11 is 7.40. The van der Waals surface area contributed by atoms with Gasteiger partial charge in [0.1, 0.15) is 11.9 Å². The lowest BCUT2D eigenvalue weighted by molar-refractivity contribution is 0.218. The minimum absolute atomic E-state index is 0.161. The first-order valence-electron chi connectivity index (χ1n) is 5.19. The zero-order valence-electron chi connectivity index (χ0n) is 9.50. The molecule has 0 bridgehead atoms. The fraction of sp³-hybridized carbons (Fsp3) is 0.231. The van der Waals surface area contributed by atoms with Crippen molar-refractivity contribution >= 4 is 22.9 Å². The largest absolute Gasteiger partial charge is 0.383 e. The van der Waals surface area contributed by atoms with E-state index in [0.717, 1.165) is 4.88 Å². The van der Waals surface area contributed by atoms with E-state index in [4.69, 9.17) is 11.6 Å². The minimum Gasteiger partial charge on any atom is -0.383 e. The van der Waals surface area contributed by atoms with Gasteiger partial charge in [-0.1, -0.05) is 17.7 Å². The molecule has 17 heavy (non-hydrogen) atoms. The van der Waals surface area contributed by atoms with Gasteiger partial charge >= 0.3 is 0 Å². The number of benzene rings is 1. The normalized spacial score (nSPS) is 12.8. The molecule has 0 saturated carbocycles. The van der Waals surface area contributed by atoms with Crippen LogP contribution in [-0.4, -0.2) is 5.11 Å². The third-order valence-electron chi connectivity index (χ3n) is 2.62. The zero-order valence-corrected chi connectivity index (χ0v) is 11.1. The van der Waals surface area contributed by atoms with Crippen LogP contribution in [-0.2, 0) is 0 Å². The van der Waals surface area contributed by atoms with Gasteiger partial charge in [0.15, 0.2) is 0 Å². The Bertz CT molecular complexity index is 550. The van der Waals surface area contributed by atoms with Gasteiger partial charge < -0.3 is 5.11 Å². The Balaban J connectivity index is 2.50. The predicted molar refractivity (Wildman–Crippen MR) is 69.3 cm³/mol. The molecule has 0 amide bonds. The standard InChI is InChI=1S/C13H12ClFOS/c1-7-3-5-9(14)11(12(7)15)13(16)10-6-4-8(2)17-10/h3-6,13,16H,1-2H3. The Morgan fingerprint density at radius 3 is 2.53 bits per heavy atom. The number of aryl methyl sites for hydroxylation is 2. The van der Waals surface area contributed by atoms with Crippen LogP contribution in [0.2, 0.25) is 5.02 Å². The monoisotopic (exact) mass is 270 g/mol. The van der Waals surface area contributed by atoms with Crippen LogP contribution < -0.4 is 0 Å². The Morgan fingerprint density at radius 2 is 1.94 bits per heavy atom. The number of aliphatic hydroxyl groups excluding tert-OH is 1. The summed E-state index contributed by atoms with van der Waals surface area (Å²) in [6.45, 7) is 3.59. The Morgan fingerprint density at radius 1 is 1.24 bits per heavy atom. The van der Waals surface area contributed by atoms with Crippen molar-refractivity contribution in [1.82, 2.24) is 0 Å². The van der Waals surface area contributed by atoms with E-state index in [2.05, 4.69) is 0 Å². The Kier molecular flexibility index (Phi) is 3.52. The molecule has 0 fully saturated rings. The number of hydrogen-bond acceptors (Lipinski definition) is 2. The summed E-state index contributed by atoms with van der Waals surface area (Å²) in [6, 6.07) is 6.90. The average Bonchev–Trinajstić information content (AvgIpc) is 2.71. The van der Waals surface area contributed by atoms with E-state index in [0.29, 0.717) is 10.4 Å². The molecule has 1 nitrogen and oxygen atoms in total. The molecule has 1 aromatic heterocycles. The maximum absolute atomic E-state index is 14.0. The third kappa shape index (κ3) is 2.37.